The first-order valence-electron chi connectivity index (χ1n) is 28.7. The molecule has 1 aliphatic heterocycles. The van der Waals surface area contributed by atoms with Gasteiger partial charge >= 0.3 is 12.0 Å². The van der Waals surface area contributed by atoms with Gasteiger partial charge in [-0.05, 0) is 92.6 Å². The molecule has 0 unspecified atom stereocenters. The zero-order valence-corrected chi connectivity index (χ0v) is 50.0. The van der Waals surface area contributed by atoms with Gasteiger partial charge in [0.05, 0.1) is 6.10 Å². The quantitative estimate of drug-likeness (QED) is 0.0354. The lowest BCUT2D eigenvalue weighted by molar-refractivity contribution is -0.141. The summed E-state index contributed by atoms with van der Waals surface area (Å²) in [5, 5.41) is 55.7. The average Bonchev–Trinajstić information content (AvgIpc) is 3.91. The van der Waals surface area contributed by atoms with Gasteiger partial charge in [0.1, 0.15) is 60.1 Å². The zero-order chi connectivity index (χ0) is 63.7. The third kappa shape index (κ3) is 21.3. The third-order valence-corrected chi connectivity index (χ3v) is 16.8. The number of fused-ring (bicyclic) bond motifs is 1. The number of amides is 10. The number of H-pyrrole nitrogens is 1. The monoisotopic (exact) mass is 1250 g/mol. The van der Waals surface area contributed by atoms with E-state index in [1.54, 1.807) is 85.1 Å². The van der Waals surface area contributed by atoms with Crippen molar-refractivity contribution in [2.75, 3.05) is 24.6 Å². The van der Waals surface area contributed by atoms with Crippen LogP contribution in [0.25, 0.3) is 10.9 Å². The Kier molecular flexibility index (Phi) is 26.9. The van der Waals surface area contributed by atoms with E-state index < -0.39 is 120 Å². The second-order valence-corrected chi connectivity index (χ2v) is 23.7. The molecule has 5 aromatic rings. The summed E-state index contributed by atoms with van der Waals surface area (Å²) in [6.07, 6.45) is 0.115. The molecule has 1 saturated heterocycles. The first kappa shape index (κ1) is 68.4. The number of aliphatic hydroxyl groups excluding tert-OH is 1. The smallest absolute Gasteiger partial charge is 0.327 e. The molecule has 472 valence electrons. The highest BCUT2D eigenvalue weighted by Gasteiger charge is 2.37. The van der Waals surface area contributed by atoms with Gasteiger partial charge in [0.25, 0.3) is 0 Å². The highest BCUT2D eigenvalue weighted by Crippen LogP contribution is 2.25. The van der Waals surface area contributed by atoms with Crippen molar-refractivity contribution in [1.29, 1.82) is 0 Å². The molecule has 10 amide bonds. The summed E-state index contributed by atoms with van der Waals surface area (Å²) in [5.74, 6) is -9.65. The van der Waals surface area contributed by atoms with Crippen molar-refractivity contribution >= 4 is 91.7 Å². The number of carboxylic acids is 1. The minimum absolute atomic E-state index is 0.0402. The second kappa shape index (κ2) is 34.6. The number of nitrogens with two attached hydrogens (primary N) is 3. The number of urea groups is 1. The molecule has 0 radical (unpaired) electrons. The van der Waals surface area contributed by atoms with Crippen LogP contribution in [0.2, 0.25) is 0 Å². The van der Waals surface area contributed by atoms with E-state index in [2.05, 4.69) is 52.8 Å². The number of unbranched alkanes of at least 4 members (excludes halogenated alkanes) is 1. The SMILES string of the molecule is C[C@@H](O)[C@@H]1NC(=O)[C@H](CCCCN)NC(=O)[C@H](Cc2c[nH]c3ccccc23)NC(=O)[C@H](CCCN)NC(=O)[C@H](Cc2ccccc2)NC(=O)[C@@H](NC(=O)[C@H](Cc2ccc(O)cc2)NC(N)=O)CSSC[C@@H](C(=O)O)NC(=O)[C@H](Cc2ccccc2)NC1=O. The van der Waals surface area contributed by atoms with Crippen LogP contribution in [0.3, 0.4) is 0 Å². The number of aromatic nitrogens is 1. The van der Waals surface area contributed by atoms with E-state index in [1.165, 1.54) is 31.2 Å². The molecule has 26 nitrogen and oxygen atoms in total. The van der Waals surface area contributed by atoms with E-state index in [0.717, 1.165) is 21.6 Å². The van der Waals surface area contributed by atoms with Gasteiger partial charge in [0.15, 0.2) is 0 Å². The summed E-state index contributed by atoms with van der Waals surface area (Å²) >= 11 is 0. The number of phenolic OH excluding ortho intramolecular Hbond substituents is 1. The molecule has 0 saturated carbocycles. The molecule has 4 aromatic carbocycles. The van der Waals surface area contributed by atoms with Gasteiger partial charge < -0.3 is 85.4 Å². The number of aromatic amines is 1. The average molecular weight is 1250 g/mol. The van der Waals surface area contributed by atoms with Crippen LogP contribution in [0, 0.1) is 0 Å². The number of primary amides is 1. The summed E-state index contributed by atoms with van der Waals surface area (Å²) < 4.78 is 0. The minimum Gasteiger partial charge on any atom is -0.508 e. The van der Waals surface area contributed by atoms with Crippen LogP contribution in [0.4, 0.5) is 4.79 Å². The molecule has 88 heavy (non-hydrogen) atoms. The number of hydrogen-bond donors (Lipinski definition) is 16. The number of phenols is 1. The van der Waals surface area contributed by atoms with Gasteiger partial charge in [-0.2, -0.15) is 0 Å². The van der Waals surface area contributed by atoms with Crippen LogP contribution in [0.1, 0.15) is 61.3 Å². The van der Waals surface area contributed by atoms with Crippen LogP contribution < -0.4 is 65.1 Å². The number of aliphatic carboxylic acids is 1. The van der Waals surface area contributed by atoms with Gasteiger partial charge in [-0.1, -0.05) is 113 Å². The van der Waals surface area contributed by atoms with Crippen molar-refractivity contribution in [3.8, 4) is 5.75 Å². The Bertz CT molecular complexity index is 3180. The molecular weight excluding hydrogens is 1170 g/mol. The maximum atomic E-state index is 14.9. The predicted octanol–water partition coefficient (Wildman–Crippen LogP) is -0.212. The normalized spacial score (nSPS) is 22.2. The van der Waals surface area contributed by atoms with E-state index in [1.807, 2.05) is 6.07 Å². The summed E-state index contributed by atoms with van der Waals surface area (Å²) in [7, 11) is 1.77. The highest BCUT2D eigenvalue weighted by atomic mass is 33.1. The number of hydrogen-bond acceptors (Lipinski definition) is 16. The summed E-state index contributed by atoms with van der Waals surface area (Å²) in [6.45, 7) is 1.50. The van der Waals surface area contributed by atoms with Crippen LogP contribution in [0.5, 0.6) is 5.75 Å². The lowest BCUT2D eigenvalue weighted by Gasteiger charge is -2.29. The lowest BCUT2D eigenvalue weighted by Crippen LogP contribution is -2.62. The van der Waals surface area contributed by atoms with E-state index in [-0.39, 0.29) is 81.7 Å². The minimum atomic E-state index is -1.76. The Labute approximate surface area is 516 Å². The Balaban J connectivity index is 1.43. The van der Waals surface area contributed by atoms with Crippen molar-refractivity contribution in [2.45, 2.75) is 125 Å². The van der Waals surface area contributed by atoms with Crippen molar-refractivity contribution in [1.82, 2.24) is 52.8 Å². The molecule has 1 aliphatic rings. The Morgan fingerprint density at radius 3 is 1.66 bits per heavy atom. The molecule has 1 fully saturated rings. The summed E-state index contributed by atoms with van der Waals surface area (Å²) in [4.78, 5) is 145. The van der Waals surface area contributed by atoms with Crippen molar-refractivity contribution in [3.63, 3.8) is 0 Å². The molecular formula is C60H77N13O13S2. The third-order valence-electron chi connectivity index (χ3n) is 14.3. The van der Waals surface area contributed by atoms with E-state index in [9.17, 15) is 63.3 Å². The molecule has 2 heterocycles. The second-order valence-electron chi connectivity index (χ2n) is 21.2. The van der Waals surface area contributed by atoms with Crippen LogP contribution in [0.15, 0.2) is 115 Å². The lowest BCUT2D eigenvalue weighted by atomic mass is 10.0. The fraction of sp³-hybridized carbons (Fsp3) is 0.400. The van der Waals surface area contributed by atoms with Crippen molar-refractivity contribution < 1.29 is 63.3 Å². The van der Waals surface area contributed by atoms with E-state index >= 15 is 0 Å². The number of aliphatic hydroxyl groups is 1. The number of carbonyl (C=O) groups is 10. The number of carbonyl (C=O) groups excluding carboxylic acids is 9. The molecule has 19 N–H and O–H groups in total. The fourth-order valence-electron chi connectivity index (χ4n) is 9.59. The number of carboxylic acid groups (broad SMARTS) is 1. The zero-order valence-electron chi connectivity index (χ0n) is 48.4. The van der Waals surface area contributed by atoms with Crippen molar-refractivity contribution in [3.05, 3.63) is 138 Å². The topological polar surface area (TPSA) is 434 Å². The largest absolute Gasteiger partial charge is 0.508 e. The van der Waals surface area contributed by atoms with E-state index in [4.69, 9.17) is 17.2 Å². The number of aromatic hydroxyl groups is 1. The number of benzene rings is 4. The van der Waals surface area contributed by atoms with Gasteiger partial charge in [-0.25, -0.2) is 9.59 Å². The standard InChI is InChI=1S/C60H77N13O13S2/c1-34(74)50-58(83)69-45(28-36-15-6-3-7-16-36)54(79)71-49(59(84)85)33-88-87-32-48(70-55(80)46(72-60(63)86)29-37-21-23-39(75)24-22-37)57(82)67-44(27-35-13-4-2-5-14-35)53(78)66-43(20-12-26-62)51(76)68-47(30-38-31-64-41-18-9-8-17-40(38)41)56(81)65-42(52(77)73-50)19-10-11-25-61/h2-9,13-18,21-24,31,34,42-50,64,74-75H,10-12,19-20,25-30,32-33,61-62H2,1H3,(H,65,81)(H,66,78)(H,67,82)(H,68,76)(H,69,83)(H,70,80)(H,71,79)(H,73,77)(H,84,85)(H3,63,72,86)/t34-,42+,43+,44+,45+,46+,47+,48+,49+,50+/m1/s1. The maximum absolute atomic E-state index is 14.9. The van der Waals surface area contributed by atoms with Crippen LogP contribution >= 0.6 is 21.6 Å². The Hall–Kier alpha value is -8.70. The van der Waals surface area contributed by atoms with Gasteiger partial charge in [-0.3, -0.25) is 38.4 Å². The molecule has 10 atom stereocenters. The predicted molar refractivity (Wildman–Crippen MR) is 331 cm³/mol. The number of rotatable bonds is 20. The number of para-hydroxylation sites is 1. The molecule has 0 spiro atoms. The maximum Gasteiger partial charge on any atom is 0.327 e. The van der Waals surface area contributed by atoms with Crippen LogP contribution in [-0.2, 0) is 68.8 Å². The molecule has 6 rings (SSSR count). The summed E-state index contributed by atoms with van der Waals surface area (Å²) in [5.41, 5.74) is 20.2. The molecule has 0 aliphatic carbocycles. The van der Waals surface area contributed by atoms with Gasteiger partial charge in [-0.15, -0.1) is 0 Å². The summed E-state index contributed by atoms with van der Waals surface area (Å²) in [6, 6.07) is 15.1. The fourth-order valence-corrected chi connectivity index (χ4v) is 11.9. The van der Waals surface area contributed by atoms with Gasteiger partial charge in [0, 0.05) is 54.3 Å². The molecule has 0 bridgehead atoms. The van der Waals surface area contributed by atoms with Crippen molar-refractivity contribution in [2.24, 2.45) is 17.2 Å². The Morgan fingerprint density at radius 2 is 1.08 bits per heavy atom. The number of nitrogens with one attached hydrogen (secondary N) is 10. The molecule has 28 heteroatoms. The first-order chi connectivity index (χ1) is 42.2. The highest BCUT2D eigenvalue weighted by molar-refractivity contribution is 8.76. The Morgan fingerprint density at radius 1 is 0.580 bits per heavy atom. The first-order valence-corrected chi connectivity index (χ1v) is 31.2. The van der Waals surface area contributed by atoms with Gasteiger partial charge in [0.2, 0.25) is 47.3 Å². The molecule has 1 aromatic heterocycles. The van der Waals surface area contributed by atoms with E-state index in [0.29, 0.717) is 39.6 Å². The van der Waals surface area contributed by atoms with Crippen LogP contribution in [-0.4, -0.2) is 165 Å².